The lowest BCUT2D eigenvalue weighted by atomic mass is 10.1. The Morgan fingerprint density at radius 3 is 2.75 bits per heavy atom. The topological polar surface area (TPSA) is 33.2 Å². The number of thiophene rings is 1. The SMILES string of the molecule is Cc1cc(C(=O)N(Cc2cccs2)C(C)C)cc(Cl)n1. The lowest BCUT2D eigenvalue weighted by molar-refractivity contribution is 0.0692. The predicted octanol–water partition coefficient (Wildman–Crippen LogP) is 4.16. The van der Waals surface area contributed by atoms with Gasteiger partial charge in [-0.1, -0.05) is 17.7 Å². The van der Waals surface area contributed by atoms with Crippen LogP contribution in [-0.2, 0) is 6.54 Å². The van der Waals surface area contributed by atoms with E-state index in [9.17, 15) is 4.79 Å². The second-order valence-corrected chi connectivity index (χ2v) is 6.35. The fourth-order valence-electron chi connectivity index (χ4n) is 1.98. The van der Waals surface area contributed by atoms with E-state index >= 15 is 0 Å². The van der Waals surface area contributed by atoms with Gasteiger partial charge in [0, 0.05) is 22.2 Å². The summed E-state index contributed by atoms with van der Waals surface area (Å²) in [6, 6.07) is 7.56. The van der Waals surface area contributed by atoms with Crippen molar-refractivity contribution < 1.29 is 4.79 Å². The number of nitrogens with zero attached hydrogens (tertiary/aromatic N) is 2. The Bertz CT molecular complexity index is 576. The second-order valence-electron chi connectivity index (χ2n) is 4.93. The third-order valence-corrected chi connectivity index (χ3v) is 4.01. The molecule has 0 saturated heterocycles. The molecule has 0 fully saturated rings. The maximum absolute atomic E-state index is 12.7. The fourth-order valence-corrected chi connectivity index (χ4v) is 2.93. The van der Waals surface area contributed by atoms with Gasteiger partial charge in [0.05, 0.1) is 6.54 Å². The van der Waals surface area contributed by atoms with Gasteiger partial charge in [-0.3, -0.25) is 4.79 Å². The molecule has 0 radical (unpaired) electrons. The van der Waals surface area contributed by atoms with E-state index in [-0.39, 0.29) is 11.9 Å². The van der Waals surface area contributed by atoms with Crippen LogP contribution >= 0.6 is 22.9 Å². The summed E-state index contributed by atoms with van der Waals surface area (Å²) in [7, 11) is 0. The van der Waals surface area contributed by atoms with E-state index in [1.54, 1.807) is 23.5 Å². The molecule has 106 valence electrons. The van der Waals surface area contributed by atoms with E-state index in [1.807, 2.05) is 43.2 Å². The van der Waals surface area contributed by atoms with Gasteiger partial charge in [0.15, 0.2) is 0 Å². The first kappa shape index (κ1) is 15.0. The molecule has 2 heterocycles. The molecule has 0 unspecified atom stereocenters. The lowest BCUT2D eigenvalue weighted by Crippen LogP contribution is -2.36. The molecule has 0 bridgehead atoms. The summed E-state index contributed by atoms with van der Waals surface area (Å²) in [5, 5.41) is 2.37. The standard InChI is InChI=1S/C15H17ClN2OS/c1-10(2)18(9-13-5-4-6-20-13)15(19)12-7-11(3)17-14(16)8-12/h4-8,10H,9H2,1-3H3. The number of hydrogen-bond acceptors (Lipinski definition) is 3. The van der Waals surface area contributed by atoms with Crippen molar-refractivity contribution in [2.24, 2.45) is 0 Å². The highest BCUT2D eigenvalue weighted by molar-refractivity contribution is 7.09. The predicted molar refractivity (Wildman–Crippen MR) is 83.3 cm³/mol. The highest BCUT2D eigenvalue weighted by Gasteiger charge is 2.20. The molecule has 0 aliphatic heterocycles. The van der Waals surface area contributed by atoms with Crippen LogP contribution in [0.2, 0.25) is 5.15 Å². The van der Waals surface area contributed by atoms with Crippen LogP contribution in [-0.4, -0.2) is 21.8 Å². The number of rotatable bonds is 4. The van der Waals surface area contributed by atoms with Crippen molar-refractivity contribution in [3.63, 3.8) is 0 Å². The Balaban J connectivity index is 2.26. The highest BCUT2D eigenvalue weighted by Crippen LogP contribution is 2.18. The van der Waals surface area contributed by atoms with Crippen LogP contribution in [0.15, 0.2) is 29.6 Å². The van der Waals surface area contributed by atoms with E-state index in [4.69, 9.17) is 11.6 Å². The number of hydrogen-bond donors (Lipinski definition) is 0. The Labute approximate surface area is 128 Å². The third kappa shape index (κ3) is 3.58. The quantitative estimate of drug-likeness (QED) is 0.795. The summed E-state index contributed by atoms with van der Waals surface area (Å²) in [5.74, 6) is -0.0131. The number of amides is 1. The van der Waals surface area contributed by atoms with Gasteiger partial charge in [0.2, 0.25) is 0 Å². The Morgan fingerprint density at radius 2 is 2.20 bits per heavy atom. The van der Waals surface area contributed by atoms with Crippen LogP contribution in [0.4, 0.5) is 0 Å². The Hall–Kier alpha value is -1.39. The fraction of sp³-hybridized carbons (Fsp3) is 0.333. The van der Waals surface area contributed by atoms with Gasteiger partial charge in [-0.25, -0.2) is 4.98 Å². The smallest absolute Gasteiger partial charge is 0.254 e. The molecule has 0 saturated carbocycles. The van der Waals surface area contributed by atoms with Gasteiger partial charge in [-0.2, -0.15) is 0 Å². The molecule has 0 aliphatic rings. The largest absolute Gasteiger partial charge is 0.331 e. The average Bonchev–Trinajstić information content (AvgIpc) is 2.86. The first-order chi connectivity index (χ1) is 9.47. The Kier molecular flexibility index (Phi) is 4.78. The van der Waals surface area contributed by atoms with Gasteiger partial charge in [0.25, 0.3) is 5.91 Å². The number of aryl methyl sites for hydroxylation is 1. The van der Waals surface area contributed by atoms with E-state index in [0.717, 1.165) is 5.69 Å². The highest BCUT2D eigenvalue weighted by atomic mass is 35.5. The molecule has 0 N–H and O–H groups in total. The monoisotopic (exact) mass is 308 g/mol. The average molecular weight is 309 g/mol. The molecule has 2 rings (SSSR count). The number of carbonyl (C=O) groups excluding carboxylic acids is 1. The zero-order valence-corrected chi connectivity index (χ0v) is 13.3. The first-order valence-electron chi connectivity index (χ1n) is 6.45. The van der Waals surface area contributed by atoms with Gasteiger partial charge < -0.3 is 4.90 Å². The van der Waals surface area contributed by atoms with Crippen LogP contribution in [0, 0.1) is 6.92 Å². The minimum Gasteiger partial charge on any atom is -0.331 e. The van der Waals surface area contributed by atoms with Crippen molar-refractivity contribution in [2.75, 3.05) is 0 Å². The first-order valence-corrected chi connectivity index (χ1v) is 7.70. The molecular weight excluding hydrogens is 292 g/mol. The Morgan fingerprint density at radius 1 is 1.45 bits per heavy atom. The molecule has 3 nitrogen and oxygen atoms in total. The van der Waals surface area contributed by atoms with Crippen LogP contribution in [0.3, 0.4) is 0 Å². The zero-order chi connectivity index (χ0) is 14.7. The summed E-state index contributed by atoms with van der Waals surface area (Å²) < 4.78 is 0. The molecule has 0 aromatic carbocycles. The summed E-state index contributed by atoms with van der Waals surface area (Å²) in [6.07, 6.45) is 0. The number of halogens is 1. The summed E-state index contributed by atoms with van der Waals surface area (Å²) in [4.78, 5) is 19.8. The van der Waals surface area contributed by atoms with Crippen molar-refractivity contribution in [1.82, 2.24) is 9.88 Å². The maximum atomic E-state index is 12.7. The second kappa shape index (κ2) is 6.37. The van der Waals surface area contributed by atoms with E-state index in [1.165, 1.54) is 4.88 Å². The van der Waals surface area contributed by atoms with Gasteiger partial charge in [-0.05, 0) is 44.4 Å². The third-order valence-electron chi connectivity index (χ3n) is 2.96. The molecule has 5 heteroatoms. The lowest BCUT2D eigenvalue weighted by Gasteiger charge is -2.26. The minimum absolute atomic E-state index is 0.0131. The maximum Gasteiger partial charge on any atom is 0.254 e. The van der Waals surface area contributed by atoms with Crippen molar-refractivity contribution in [1.29, 1.82) is 0 Å². The molecule has 1 amide bonds. The van der Waals surface area contributed by atoms with E-state index in [0.29, 0.717) is 17.3 Å². The number of pyridine rings is 1. The van der Waals surface area contributed by atoms with Gasteiger partial charge >= 0.3 is 0 Å². The number of aromatic nitrogens is 1. The zero-order valence-electron chi connectivity index (χ0n) is 11.8. The molecule has 0 aliphatic carbocycles. The molecular formula is C15H17ClN2OS. The normalized spacial score (nSPS) is 10.8. The molecule has 0 atom stereocenters. The van der Waals surface area contributed by atoms with Gasteiger partial charge in [-0.15, -0.1) is 11.3 Å². The van der Waals surface area contributed by atoms with Crippen LogP contribution in [0.1, 0.15) is 34.8 Å². The van der Waals surface area contributed by atoms with Crippen LogP contribution < -0.4 is 0 Å². The van der Waals surface area contributed by atoms with Crippen LogP contribution in [0.25, 0.3) is 0 Å². The van der Waals surface area contributed by atoms with Gasteiger partial charge in [0.1, 0.15) is 5.15 Å². The molecule has 2 aromatic heterocycles. The van der Waals surface area contributed by atoms with E-state index in [2.05, 4.69) is 4.98 Å². The minimum atomic E-state index is -0.0131. The molecule has 2 aromatic rings. The molecule has 0 spiro atoms. The summed E-state index contributed by atoms with van der Waals surface area (Å²) in [6.45, 7) is 6.48. The summed E-state index contributed by atoms with van der Waals surface area (Å²) in [5.41, 5.74) is 1.34. The molecule has 20 heavy (non-hydrogen) atoms. The van der Waals surface area contributed by atoms with Crippen LogP contribution in [0.5, 0.6) is 0 Å². The van der Waals surface area contributed by atoms with Crippen molar-refractivity contribution in [3.8, 4) is 0 Å². The van der Waals surface area contributed by atoms with Crippen molar-refractivity contribution >= 4 is 28.8 Å². The van der Waals surface area contributed by atoms with E-state index < -0.39 is 0 Å². The summed E-state index contributed by atoms with van der Waals surface area (Å²) >= 11 is 7.60. The number of carbonyl (C=O) groups is 1. The van der Waals surface area contributed by atoms with Crippen molar-refractivity contribution in [2.45, 2.75) is 33.4 Å². The van der Waals surface area contributed by atoms with Crippen molar-refractivity contribution in [3.05, 3.63) is 50.9 Å².